The molecule has 0 atom stereocenters. The van der Waals surface area contributed by atoms with Gasteiger partial charge < -0.3 is 28.7 Å². The largest absolute Gasteiger partial charge is 0.509 e. The van der Waals surface area contributed by atoms with Gasteiger partial charge in [0.2, 0.25) is 0 Å². The second-order valence-corrected chi connectivity index (χ2v) is 7.26. The Balaban J connectivity index is 1.41. The van der Waals surface area contributed by atoms with E-state index in [0.717, 1.165) is 34.4 Å². The molecule has 8 heteroatoms. The molecule has 154 valence electrons. The molecule has 0 fully saturated rings. The van der Waals surface area contributed by atoms with Crippen LogP contribution in [0.2, 0.25) is 0 Å². The first-order valence-corrected chi connectivity index (χ1v) is 9.51. The van der Waals surface area contributed by atoms with Gasteiger partial charge in [-0.15, -0.1) is 5.46 Å². The van der Waals surface area contributed by atoms with Crippen LogP contribution in [0.4, 0.5) is 23.4 Å². The predicted octanol–water partition coefficient (Wildman–Crippen LogP) is 4.36. The minimum absolute atomic E-state index is 0.00367. The highest BCUT2D eigenvalue weighted by molar-refractivity contribution is 6.73. The first-order valence-electron chi connectivity index (χ1n) is 9.51. The zero-order valence-corrected chi connectivity index (χ0v) is 15.9. The van der Waals surface area contributed by atoms with Crippen molar-refractivity contribution in [1.29, 1.82) is 0 Å². The number of benzene rings is 3. The molecule has 1 aliphatic carbocycles. The minimum Gasteiger partial charge on any atom is -0.449 e. The fourth-order valence-electron chi connectivity index (χ4n) is 3.86. The van der Waals surface area contributed by atoms with Gasteiger partial charge >= 0.3 is 13.1 Å². The van der Waals surface area contributed by atoms with Gasteiger partial charge in [-0.25, -0.2) is 4.79 Å². The molecule has 1 amide bonds. The van der Waals surface area contributed by atoms with E-state index in [4.69, 9.17) is 10.5 Å². The monoisotopic (exact) mass is 411 g/mol. The van der Waals surface area contributed by atoms with E-state index in [1.807, 2.05) is 48.5 Å². The Bertz CT molecular complexity index is 1060. The smallest absolute Gasteiger partial charge is 0.449 e. The third-order valence-electron chi connectivity index (χ3n) is 5.20. The van der Waals surface area contributed by atoms with E-state index in [1.54, 1.807) is 0 Å². The number of alkyl carbamates (subject to hydrolysis) is 1. The van der Waals surface area contributed by atoms with E-state index in [-0.39, 0.29) is 30.3 Å². The highest BCUT2D eigenvalue weighted by Gasteiger charge is 2.29. The molecule has 0 saturated carbocycles. The van der Waals surface area contributed by atoms with E-state index >= 15 is 0 Å². The summed E-state index contributed by atoms with van der Waals surface area (Å²) in [4.78, 5) is 12.2. The normalized spacial score (nSPS) is 12.9. The number of carbonyl (C=O) groups excluding carboxylic acids is 1. The van der Waals surface area contributed by atoms with Gasteiger partial charge in [0, 0.05) is 18.2 Å². The lowest BCUT2D eigenvalue weighted by Gasteiger charge is -2.17. The average Bonchev–Trinajstić information content (AvgIpc) is 3.03. The number of halogens is 3. The average molecular weight is 411 g/mol. The fourth-order valence-corrected chi connectivity index (χ4v) is 3.86. The molecule has 0 unspecified atom stereocenters. The van der Waals surface area contributed by atoms with Crippen LogP contribution in [-0.4, -0.2) is 19.7 Å². The summed E-state index contributed by atoms with van der Waals surface area (Å²) in [7, 11) is 0. The van der Waals surface area contributed by atoms with Gasteiger partial charge in [0.15, 0.2) is 0 Å². The van der Waals surface area contributed by atoms with Gasteiger partial charge in [0.25, 0.3) is 0 Å². The summed E-state index contributed by atoms with van der Waals surface area (Å²) in [5.41, 5.74) is 9.42. The van der Waals surface area contributed by atoms with Crippen molar-refractivity contribution in [2.75, 3.05) is 12.3 Å². The number of nitrogen functional groups attached to an aromatic ring is 1. The van der Waals surface area contributed by atoms with Gasteiger partial charge in [-0.3, -0.25) is 0 Å². The summed E-state index contributed by atoms with van der Waals surface area (Å²) in [5, 5.41) is 2.50. The molecule has 4 nitrogen and oxygen atoms in total. The molecular formula is C22H19BF3N2O2-. The van der Waals surface area contributed by atoms with E-state index in [2.05, 4.69) is 5.32 Å². The lowest BCUT2D eigenvalue weighted by molar-refractivity contribution is 0.142. The van der Waals surface area contributed by atoms with Crippen LogP contribution < -0.4 is 16.5 Å². The van der Waals surface area contributed by atoms with Crippen molar-refractivity contribution in [3.63, 3.8) is 0 Å². The van der Waals surface area contributed by atoms with Crippen LogP contribution in [-0.2, 0) is 11.3 Å². The maximum absolute atomic E-state index is 13.0. The quantitative estimate of drug-likeness (QED) is 0.485. The number of ether oxygens (including phenoxy) is 1. The van der Waals surface area contributed by atoms with Gasteiger partial charge in [-0.1, -0.05) is 60.7 Å². The van der Waals surface area contributed by atoms with Crippen LogP contribution in [0.5, 0.6) is 0 Å². The van der Waals surface area contributed by atoms with Gasteiger partial charge in [0.1, 0.15) is 6.61 Å². The van der Waals surface area contributed by atoms with Crippen LogP contribution in [0.25, 0.3) is 11.1 Å². The van der Waals surface area contributed by atoms with Crippen molar-refractivity contribution >= 4 is 24.2 Å². The Morgan fingerprint density at radius 2 is 1.57 bits per heavy atom. The number of amides is 1. The highest BCUT2D eigenvalue weighted by Crippen LogP contribution is 2.44. The molecule has 0 aromatic heterocycles. The molecule has 0 spiro atoms. The van der Waals surface area contributed by atoms with Crippen LogP contribution in [0.1, 0.15) is 22.6 Å². The second-order valence-electron chi connectivity index (χ2n) is 7.26. The summed E-state index contributed by atoms with van der Waals surface area (Å²) in [6.07, 6.45) is -0.696. The van der Waals surface area contributed by atoms with Crippen LogP contribution >= 0.6 is 0 Å². The molecule has 0 aliphatic heterocycles. The van der Waals surface area contributed by atoms with Gasteiger partial charge in [-0.2, -0.15) is 0 Å². The van der Waals surface area contributed by atoms with Crippen molar-refractivity contribution < 1.29 is 22.5 Å². The summed E-state index contributed by atoms with van der Waals surface area (Å²) < 4.78 is 44.3. The van der Waals surface area contributed by atoms with Crippen molar-refractivity contribution in [2.24, 2.45) is 0 Å². The highest BCUT2D eigenvalue weighted by atomic mass is 19.4. The zero-order chi connectivity index (χ0) is 21.3. The number of carbonyl (C=O) groups is 1. The summed E-state index contributed by atoms with van der Waals surface area (Å²) >= 11 is 0. The Hall–Kier alpha value is -3.42. The summed E-state index contributed by atoms with van der Waals surface area (Å²) in [5.74, 6) is -0.0879. The molecule has 3 aromatic carbocycles. The molecular weight excluding hydrogens is 392 g/mol. The van der Waals surface area contributed by atoms with Crippen LogP contribution in [0.3, 0.4) is 0 Å². The number of hydrogen-bond acceptors (Lipinski definition) is 3. The number of anilines is 1. The Morgan fingerprint density at radius 1 is 0.967 bits per heavy atom. The molecule has 3 aromatic rings. The van der Waals surface area contributed by atoms with Gasteiger partial charge in [0.05, 0.1) is 0 Å². The Kier molecular flexibility index (Phi) is 5.16. The topological polar surface area (TPSA) is 64.3 Å². The Labute approximate surface area is 171 Å². The van der Waals surface area contributed by atoms with E-state index in [1.165, 1.54) is 6.07 Å². The van der Waals surface area contributed by atoms with E-state index < -0.39 is 18.5 Å². The molecule has 4 rings (SSSR count). The number of rotatable bonds is 5. The number of fused-ring (bicyclic) bond motifs is 3. The van der Waals surface area contributed by atoms with Crippen molar-refractivity contribution in [1.82, 2.24) is 5.32 Å². The van der Waals surface area contributed by atoms with Crippen LogP contribution in [0, 0.1) is 0 Å². The lowest BCUT2D eigenvalue weighted by atomic mass is 9.79. The molecule has 1 aliphatic rings. The standard InChI is InChI=1S/C22H19BF3N2O2/c24-23(25,26)15-9-14(10-16(27)11-15)12-28-22(29)30-13-21-19-7-3-1-5-17(19)18-6-2-4-8-20(18)21/h1-11,21H,12-13,27H2,(H,28,29)/q-1. The van der Waals surface area contributed by atoms with Crippen molar-refractivity contribution in [2.45, 2.75) is 12.5 Å². The SMILES string of the molecule is Nc1cc(CNC(=O)OCC2c3ccccc3-c3ccccc32)cc([B-](F)(F)F)c1. The molecule has 0 saturated heterocycles. The Morgan fingerprint density at radius 3 is 2.17 bits per heavy atom. The molecule has 3 N–H and O–H groups in total. The maximum Gasteiger partial charge on any atom is 0.509 e. The molecule has 0 heterocycles. The summed E-state index contributed by atoms with van der Waals surface area (Å²) in [6.45, 7) is -5.15. The van der Waals surface area contributed by atoms with Crippen molar-refractivity contribution in [3.8, 4) is 11.1 Å². The van der Waals surface area contributed by atoms with E-state index in [0.29, 0.717) is 0 Å². The number of hydrogen-bond donors (Lipinski definition) is 2. The predicted molar refractivity (Wildman–Crippen MR) is 111 cm³/mol. The molecule has 30 heavy (non-hydrogen) atoms. The minimum atomic E-state index is -5.17. The van der Waals surface area contributed by atoms with Gasteiger partial charge in [-0.05, 0) is 33.9 Å². The lowest BCUT2D eigenvalue weighted by Crippen LogP contribution is -2.35. The number of nitrogens with one attached hydrogen (secondary N) is 1. The molecule has 0 radical (unpaired) electrons. The second kappa shape index (κ2) is 7.78. The third-order valence-corrected chi connectivity index (χ3v) is 5.20. The first kappa shape index (κ1) is 19.9. The maximum atomic E-state index is 13.0. The van der Waals surface area contributed by atoms with E-state index in [9.17, 15) is 17.7 Å². The van der Waals surface area contributed by atoms with Crippen LogP contribution in [0.15, 0.2) is 66.7 Å². The zero-order valence-electron chi connectivity index (χ0n) is 15.9. The van der Waals surface area contributed by atoms with Crippen molar-refractivity contribution in [3.05, 3.63) is 83.4 Å². The third kappa shape index (κ3) is 3.98. The summed E-state index contributed by atoms with van der Waals surface area (Å²) in [6, 6.07) is 19.2. The number of nitrogens with two attached hydrogens (primary N) is 1. The fraction of sp³-hybridized carbons (Fsp3) is 0.136. The first-order chi connectivity index (χ1) is 14.3. The molecule has 0 bridgehead atoms.